The number of rotatable bonds is 4. The van der Waals surface area contributed by atoms with Gasteiger partial charge >= 0.3 is 0 Å². The zero-order valence-corrected chi connectivity index (χ0v) is 11.7. The van der Waals surface area contributed by atoms with Gasteiger partial charge in [-0.15, -0.1) is 11.3 Å². The summed E-state index contributed by atoms with van der Waals surface area (Å²) >= 11 is 1.40. The summed E-state index contributed by atoms with van der Waals surface area (Å²) in [4.78, 5) is 13.8. The summed E-state index contributed by atoms with van der Waals surface area (Å²) in [6, 6.07) is 12.1. The maximum Gasteiger partial charge on any atom is 0.262 e. The van der Waals surface area contributed by atoms with Crippen LogP contribution in [-0.2, 0) is 0 Å². The molecule has 1 heterocycles. The second kappa shape index (κ2) is 6.21. The number of hydrogen-bond acceptors (Lipinski definition) is 4. The number of hydrogen-bond donors (Lipinski definition) is 3. The highest BCUT2D eigenvalue weighted by Crippen LogP contribution is 2.18. The van der Waals surface area contributed by atoms with Crippen LogP contribution >= 0.6 is 11.3 Å². The van der Waals surface area contributed by atoms with Gasteiger partial charge in [0.1, 0.15) is 6.04 Å². The molecule has 1 aromatic carbocycles. The molecule has 0 fully saturated rings. The molecule has 0 bridgehead atoms. The van der Waals surface area contributed by atoms with Gasteiger partial charge in [0.05, 0.1) is 4.88 Å². The Morgan fingerprint density at radius 2 is 2.00 bits per heavy atom. The number of benzene rings is 1. The summed E-state index contributed by atoms with van der Waals surface area (Å²) in [5.74, 6) is -0.304. The Morgan fingerprint density at radius 1 is 1.30 bits per heavy atom. The summed E-state index contributed by atoms with van der Waals surface area (Å²) in [7, 11) is 0. The molecule has 0 aliphatic carbocycles. The second-order valence-corrected chi connectivity index (χ2v) is 5.54. The largest absolute Gasteiger partial charge is 0.409 e. The summed E-state index contributed by atoms with van der Waals surface area (Å²) < 4.78 is 0. The standard InChI is InChI=1S/C14H15N3O2S/c1-9-7-8-11(20-9)14(18)16-12(13(15)17-19)10-5-3-2-4-6-10/h2-8,12,19H,1H3,(H2,15,17)(H,16,18). The average molecular weight is 289 g/mol. The molecule has 0 radical (unpaired) electrons. The fraction of sp³-hybridized carbons (Fsp3) is 0.143. The molecule has 0 saturated heterocycles. The van der Waals surface area contributed by atoms with E-state index in [9.17, 15) is 4.79 Å². The van der Waals surface area contributed by atoms with Crippen molar-refractivity contribution in [2.45, 2.75) is 13.0 Å². The van der Waals surface area contributed by atoms with Crippen molar-refractivity contribution in [1.29, 1.82) is 0 Å². The molecule has 0 aliphatic rings. The van der Waals surface area contributed by atoms with E-state index in [1.807, 2.05) is 43.3 Å². The van der Waals surface area contributed by atoms with Crippen LogP contribution in [0.4, 0.5) is 0 Å². The quantitative estimate of drug-likeness (QED) is 0.349. The van der Waals surface area contributed by atoms with E-state index in [0.29, 0.717) is 4.88 Å². The molecular formula is C14H15N3O2S. The molecule has 2 rings (SSSR count). The lowest BCUT2D eigenvalue weighted by molar-refractivity contribution is 0.0950. The zero-order valence-electron chi connectivity index (χ0n) is 10.9. The topological polar surface area (TPSA) is 87.7 Å². The lowest BCUT2D eigenvalue weighted by Gasteiger charge is -2.17. The van der Waals surface area contributed by atoms with Crippen LogP contribution in [0.25, 0.3) is 0 Å². The molecular weight excluding hydrogens is 274 g/mol. The van der Waals surface area contributed by atoms with Gasteiger partial charge in [0.2, 0.25) is 0 Å². The maximum absolute atomic E-state index is 12.2. The van der Waals surface area contributed by atoms with Crippen LogP contribution in [0.15, 0.2) is 47.6 Å². The molecule has 6 heteroatoms. The molecule has 20 heavy (non-hydrogen) atoms. The smallest absolute Gasteiger partial charge is 0.262 e. The Labute approximate surface area is 120 Å². The minimum absolute atomic E-state index is 0.0576. The van der Waals surface area contributed by atoms with Gasteiger partial charge in [0.25, 0.3) is 5.91 Å². The zero-order chi connectivity index (χ0) is 14.5. The van der Waals surface area contributed by atoms with Crippen molar-refractivity contribution in [2.75, 3.05) is 0 Å². The van der Waals surface area contributed by atoms with E-state index in [0.717, 1.165) is 10.4 Å². The summed E-state index contributed by atoms with van der Waals surface area (Å²) in [6.45, 7) is 1.93. The van der Waals surface area contributed by atoms with E-state index >= 15 is 0 Å². The average Bonchev–Trinajstić information content (AvgIpc) is 2.91. The number of carbonyl (C=O) groups excluding carboxylic acids is 1. The highest BCUT2D eigenvalue weighted by molar-refractivity contribution is 7.13. The SMILES string of the molecule is Cc1ccc(C(=O)NC(/C(N)=N/O)c2ccccc2)s1. The van der Waals surface area contributed by atoms with Crippen LogP contribution in [0.2, 0.25) is 0 Å². The monoisotopic (exact) mass is 289 g/mol. The highest BCUT2D eigenvalue weighted by atomic mass is 32.1. The second-order valence-electron chi connectivity index (χ2n) is 4.25. The van der Waals surface area contributed by atoms with Gasteiger partial charge in [0.15, 0.2) is 5.84 Å². The van der Waals surface area contributed by atoms with Crippen LogP contribution < -0.4 is 11.1 Å². The minimum Gasteiger partial charge on any atom is -0.409 e. The molecule has 4 N–H and O–H groups in total. The van der Waals surface area contributed by atoms with E-state index in [-0.39, 0.29) is 11.7 Å². The first-order valence-electron chi connectivity index (χ1n) is 6.01. The van der Waals surface area contributed by atoms with Crippen molar-refractivity contribution in [3.8, 4) is 0 Å². The lowest BCUT2D eigenvalue weighted by Crippen LogP contribution is -2.37. The van der Waals surface area contributed by atoms with Gasteiger partial charge in [-0.3, -0.25) is 4.79 Å². The Morgan fingerprint density at radius 3 is 2.55 bits per heavy atom. The summed E-state index contributed by atoms with van der Waals surface area (Å²) in [5, 5.41) is 14.6. The van der Waals surface area contributed by atoms with Crippen molar-refractivity contribution in [3.05, 3.63) is 57.8 Å². The number of amides is 1. The van der Waals surface area contributed by atoms with Gasteiger partial charge in [-0.2, -0.15) is 0 Å². The lowest BCUT2D eigenvalue weighted by atomic mass is 10.1. The van der Waals surface area contributed by atoms with Crippen LogP contribution in [0.3, 0.4) is 0 Å². The van der Waals surface area contributed by atoms with E-state index in [2.05, 4.69) is 10.5 Å². The normalized spacial score (nSPS) is 12.9. The van der Waals surface area contributed by atoms with Crippen LogP contribution in [0, 0.1) is 6.92 Å². The first kappa shape index (κ1) is 14.1. The van der Waals surface area contributed by atoms with Crippen molar-refractivity contribution in [3.63, 3.8) is 0 Å². The van der Waals surface area contributed by atoms with E-state index in [1.54, 1.807) is 6.07 Å². The van der Waals surface area contributed by atoms with Crippen molar-refractivity contribution < 1.29 is 10.0 Å². The molecule has 2 aromatic rings. The van der Waals surface area contributed by atoms with Crippen molar-refractivity contribution in [2.24, 2.45) is 10.9 Å². The van der Waals surface area contributed by atoms with E-state index < -0.39 is 6.04 Å². The van der Waals surface area contributed by atoms with Gasteiger partial charge < -0.3 is 16.3 Å². The third-order valence-corrected chi connectivity index (χ3v) is 3.78. The Bertz CT molecular complexity index is 622. The number of nitrogens with zero attached hydrogens (tertiary/aromatic N) is 1. The summed E-state index contributed by atoms with van der Waals surface area (Å²) in [6.07, 6.45) is 0. The Kier molecular flexibility index (Phi) is 4.37. The molecule has 1 aromatic heterocycles. The molecule has 0 aliphatic heterocycles. The van der Waals surface area contributed by atoms with Gasteiger partial charge in [-0.25, -0.2) is 0 Å². The van der Waals surface area contributed by atoms with Crippen LogP contribution in [0.5, 0.6) is 0 Å². The first-order chi connectivity index (χ1) is 9.61. The van der Waals surface area contributed by atoms with Gasteiger partial charge in [-0.1, -0.05) is 35.5 Å². The number of nitrogens with one attached hydrogen (secondary N) is 1. The molecule has 104 valence electrons. The number of nitrogens with two attached hydrogens (primary N) is 1. The predicted octanol–water partition coefficient (Wildman–Crippen LogP) is 2.27. The Balaban J connectivity index is 2.23. The predicted molar refractivity (Wildman–Crippen MR) is 79.1 cm³/mol. The van der Waals surface area contributed by atoms with Crippen LogP contribution in [0.1, 0.15) is 26.2 Å². The van der Waals surface area contributed by atoms with Gasteiger partial charge in [-0.05, 0) is 24.6 Å². The number of carbonyl (C=O) groups is 1. The van der Waals surface area contributed by atoms with Crippen molar-refractivity contribution >= 4 is 23.1 Å². The Hall–Kier alpha value is -2.34. The fourth-order valence-corrected chi connectivity index (χ4v) is 2.56. The van der Waals surface area contributed by atoms with Gasteiger partial charge in [0, 0.05) is 4.88 Å². The molecule has 5 nitrogen and oxygen atoms in total. The molecule has 1 atom stereocenters. The molecule has 1 unspecified atom stereocenters. The fourth-order valence-electron chi connectivity index (χ4n) is 1.79. The first-order valence-corrected chi connectivity index (χ1v) is 6.83. The van der Waals surface area contributed by atoms with Crippen molar-refractivity contribution in [1.82, 2.24) is 5.32 Å². The summed E-state index contributed by atoms with van der Waals surface area (Å²) in [5.41, 5.74) is 6.42. The maximum atomic E-state index is 12.2. The molecule has 0 saturated carbocycles. The van der Waals surface area contributed by atoms with E-state index in [4.69, 9.17) is 10.9 Å². The number of thiophene rings is 1. The molecule has 1 amide bonds. The number of aryl methyl sites for hydroxylation is 1. The van der Waals surface area contributed by atoms with E-state index in [1.165, 1.54) is 11.3 Å². The van der Waals surface area contributed by atoms with Crippen LogP contribution in [-0.4, -0.2) is 17.0 Å². The number of amidine groups is 1. The third-order valence-electron chi connectivity index (χ3n) is 2.78. The number of oxime groups is 1. The third kappa shape index (κ3) is 3.16. The highest BCUT2D eigenvalue weighted by Gasteiger charge is 2.20. The minimum atomic E-state index is -0.656. The molecule has 0 spiro atoms.